The molecule has 132 valence electrons. The first kappa shape index (κ1) is 23.4. The Kier molecular flexibility index (Phi) is 10.7. The van der Waals surface area contributed by atoms with Crippen molar-refractivity contribution < 1.29 is 48.1 Å². The standard InChI is InChI=1S/C5H12NO5P.C3H8NO5P/c1-6-4(5(7)8)3-11-12(2,9)10;1-4-2(3(5)6)10(7,8)9/h4,6H,3H2,1-2H3,(H,7,8)(H,9,10);2,4H,1H3,(H,5,6)(H2,7,8,9). The average Bonchev–Trinajstić information content (AvgIpc) is 2.26. The molecular weight excluding hydrogens is 346 g/mol. The summed E-state index contributed by atoms with van der Waals surface area (Å²) < 4.78 is 25.2. The van der Waals surface area contributed by atoms with E-state index in [9.17, 15) is 18.7 Å². The van der Waals surface area contributed by atoms with Crippen molar-refractivity contribution in [2.75, 3.05) is 27.4 Å². The zero-order chi connectivity index (χ0) is 18.1. The first-order valence-electron chi connectivity index (χ1n) is 5.56. The normalized spacial score (nSPS) is 16.6. The maximum Gasteiger partial charge on any atom is 0.353 e. The van der Waals surface area contributed by atoms with Crippen molar-refractivity contribution in [3.05, 3.63) is 0 Å². The molecule has 0 fully saturated rings. The number of carboxylic acid groups (broad SMARTS) is 2. The van der Waals surface area contributed by atoms with Crippen LogP contribution < -0.4 is 10.6 Å². The maximum atomic E-state index is 10.6. The van der Waals surface area contributed by atoms with Gasteiger partial charge in [-0.2, -0.15) is 0 Å². The molecule has 0 heterocycles. The van der Waals surface area contributed by atoms with Gasteiger partial charge in [0.25, 0.3) is 0 Å². The van der Waals surface area contributed by atoms with E-state index in [1.807, 2.05) is 5.32 Å². The first-order valence-corrected chi connectivity index (χ1v) is 9.27. The molecule has 0 aliphatic carbocycles. The number of rotatable bonds is 8. The van der Waals surface area contributed by atoms with E-state index >= 15 is 0 Å². The van der Waals surface area contributed by atoms with Crippen LogP contribution >= 0.6 is 15.2 Å². The number of carboxylic acids is 2. The van der Waals surface area contributed by atoms with Crippen molar-refractivity contribution in [1.82, 2.24) is 10.6 Å². The van der Waals surface area contributed by atoms with Gasteiger partial charge in [-0.1, -0.05) is 0 Å². The molecule has 3 atom stereocenters. The largest absolute Gasteiger partial charge is 0.480 e. The summed E-state index contributed by atoms with van der Waals surface area (Å²) in [6.07, 6.45) is 0. The summed E-state index contributed by atoms with van der Waals surface area (Å²) in [6, 6.07) is -0.953. The molecule has 12 nitrogen and oxygen atoms in total. The summed E-state index contributed by atoms with van der Waals surface area (Å²) in [6.45, 7) is 0.678. The molecule has 0 aliphatic rings. The van der Waals surface area contributed by atoms with Crippen LogP contribution in [-0.2, 0) is 23.2 Å². The van der Waals surface area contributed by atoms with Crippen LogP contribution in [0.4, 0.5) is 0 Å². The fourth-order valence-corrected chi connectivity index (χ4v) is 1.98. The SMILES string of the molecule is CNC(C(=O)O)P(=O)(O)O.CNC(COP(C)(=O)O)C(=O)O. The highest BCUT2D eigenvalue weighted by atomic mass is 31.2. The molecule has 0 spiro atoms. The van der Waals surface area contributed by atoms with E-state index in [2.05, 4.69) is 9.84 Å². The second kappa shape index (κ2) is 10.0. The van der Waals surface area contributed by atoms with E-state index in [1.54, 1.807) is 0 Å². The van der Waals surface area contributed by atoms with Gasteiger partial charge in [0.1, 0.15) is 6.04 Å². The molecule has 0 aromatic heterocycles. The molecule has 0 aromatic carbocycles. The second-order valence-electron chi connectivity index (χ2n) is 3.90. The Morgan fingerprint density at radius 1 is 1.05 bits per heavy atom. The van der Waals surface area contributed by atoms with Crippen LogP contribution in [0.5, 0.6) is 0 Å². The molecule has 0 radical (unpaired) electrons. The van der Waals surface area contributed by atoms with Gasteiger partial charge < -0.3 is 34.7 Å². The summed E-state index contributed by atoms with van der Waals surface area (Å²) in [5.41, 5.74) is 0. The minimum absolute atomic E-state index is 0.323. The van der Waals surface area contributed by atoms with Crippen LogP contribution in [0.25, 0.3) is 0 Å². The number of hydrogen-bond acceptors (Lipinski definition) is 7. The number of nitrogens with one attached hydrogen (secondary N) is 2. The van der Waals surface area contributed by atoms with E-state index in [-0.39, 0.29) is 6.61 Å². The number of hydrogen-bond donors (Lipinski definition) is 7. The fourth-order valence-electron chi connectivity index (χ4n) is 0.926. The van der Waals surface area contributed by atoms with Crippen LogP contribution in [0, 0.1) is 0 Å². The Morgan fingerprint density at radius 3 is 1.64 bits per heavy atom. The molecule has 0 saturated heterocycles. The van der Waals surface area contributed by atoms with Gasteiger partial charge in [-0.05, 0) is 14.1 Å². The zero-order valence-corrected chi connectivity index (χ0v) is 13.8. The Morgan fingerprint density at radius 2 is 1.50 bits per heavy atom. The monoisotopic (exact) mass is 366 g/mol. The van der Waals surface area contributed by atoms with Gasteiger partial charge in [-0.3, -0.25) is 19.2 Å². The van der Waals surface area contributed by atoms with Gasteiger partial charge in [-0.25, -0.2) is 4.79 Å². The van der Waals surface area contributed by atoms with E-state index < -0.39 is 39.0 Å². The van der Waals surface area contributed by atoms with Crippen LogP contribution in [0.1, 0.15) is 0 Å². The third kappa shape index (κ3) is 11.8. The summed E-state index contributed by atoms with van der Waals surface area (Å²) in [4.78, 5) is 45.6. The molecule has 22 heavy (non-hydrogen) atoms. The van der Waals surface area contributed by atoms with Crippen molar-refractivity contribution in [2.24, 2.45) is 0 Å². The Hall–Kier alpha value is -0.840. The van der Waals surface area contributed by atoms with Crippen molar-refractivity contribution in [3.8, 4) is 0 Å². The molecule has 0 aliphatic heterocycles. The lowest BCUT2D eigenvalue weighted by Crippen LogP contribution is -2.37. The predicted octanol–water partition coefficient (Wildman–Crippen LogP) is -1.71. The quantitative estimate of drug-likeness (QED) is 0.240. The van der Waals surface area contributed by atoms with E-state index in [4.69, 9.17) is 24.9 Å². The topological polar surface area (TPSA) is 203 Å². The average molecular weight is 366 g/mol. The predicted molar refractivity (Wildman–Crippen MR) is 74.7 cm³/mol. The lowest BCUT2D eigenvalue weighted by atomic mass is 10.3. The lowest BCUT2D eigenvalue weighted by molar-refractivity contribution is -0.140. The van der Waals surface area contributed by atoms with Gasteiger partial charge in [0.15, 0.2) is 0 Å². The fraction of sp³-hybridized carbons (Fsp3) is 0.750. The summed E-state index contributed by atoms with van der Waals surface area (Å²) in [7, 11) is -5.52. The van der Waals surface area contributed by atoms with Gasteiger partial charge in [0.05, 0.1) is 6.61 Å². The highest BCUT2D eigenvalue weighted by molar-refractivity contribution is 7.53. The molecule has 0 saturated carbocycles. The second-order valence-corrected chi connectivity index (χ2v) is 7.46. The number of carbonyl (C=O) groups is 2. The van der Waals surface area contributed by atoms with Crippen LogP contribution in [0.3, 0.4) is 0 Å². The van der Waals surface area contributed by atoms with Crippen LogP contribution in [-0.4, -0.2) is 76.0 Å². The van der Waals surface area contributed by atoms with E-state index in [1.165, 1.54) is 7.05 Å². The number of aliphatic carboxylic acids is 2. The lowest BCUT2D eigenvalue weighted by Gasteiger charge is -2.12. The Bertz CT molecular complexity index is 458. The van der Waals surface area contributed by atoms with E-state index in [0.29, 0.717) is 0 Å². The maximum absolute atomic E-state index is 10.6. The highest BCUT2D eigenvalue weighted by Crippen LogP contribution is 2.39. The summed E-state index contributed by atoms with van der Waals surface area (Å²) in [5, 5.41) is 21.0. The summed E-state index contributed by atoms with van der Waals surface area (Å²) >= 11 is 0. The molecule has 0 bridgehead atoms. The van der Waals surface area contributed by atoms with Crippen molar-refractivity contribution in [2.45, 2.75) is 11.8 Å². The van der Waals surface area contributed by atoms with Gasteiger partial charge >= 0.3 is 27.1 Å². The van der Waals surface area contributed by atoms with Crippen molar-refractivity contribution in [1.29, 1.82) is 0 Å². The van der Waals surface area contributed by atoms with Gasteiger partial charge in [0, 0.05) is 6.66 Å². The van der Waals surface area contributed by atoms with Crippen molar-refractivity contribution >= 4 is 27.1 Å². The molecule has 0 aromatic rings. The molecular formula is C8H20N2O10P2. The third-order valence-corrected chi connectivity index (χ3v) is 3.75. The molecule has 3 unspecified atom stereocenters. The van der Waals surface area contributed by atoms with E-state index in [0.717, 1.165) is 13.7 Å². The van der Waals surface area contributed by atoms with Crippen molar-refractivity contribution in [3.63, 3.8) is 0 Å². The smallest absolute Gasteiger partial charge is 0.353 e. The highest BCUT2D eigenvalue weighted by Gasteiger charge is 2.33. The molecule has 0 rings (SSSR count). The molecule has 7 N–H and O–H groups in total. The minimum atomic E-state index is -4.54. The minimum Gasteiger partial charge on any atom is -0.480 e. The Labute approximate surface area is 126 Å². The van der Waals surface area contributed by atoms with Gasteiger partial charge in [-0.15, -0.1) is 0 Å². The first-order chi connectivity index (χ1) is 9.76. The van der Waals surface area contributed by atoms with Crippen LogP contribution in [0.15, 0.2) is 0 Å². The molecule has 14 heteroatoms. The summed E-state index contributed by atoms with van der Waals surface area (Å²) in [5.74, 6) is -4.48. The van der Waals surface area contributed by atoms with Crippen LogP contribution in [0.2, 0.25) is 0 Å². The number of likely N-dealkylation sites (N-methyl/N-ethyl adjacent to an activating group) is 2. The zero-order valence-electron chi connectivity index (χ0n) is 12.0. The van der Waals surface area contributed by atoms with Gasteiger partial charge in [0.2, 0.25) is 5.78 Å². The third-order valence-electron chi connectivity index (χ3n) is 1.97. The Balaban J connectivity index is 0. The molecule has 0 amide bonds.